The van der Waals surface area contributed by atoms with E-state index in [0.29, 0.717) is 6.61 Å². The summed E-state index contributed by atoms with van der Waals surface area (Å²) in [6, 6.07) is 5.51. The van der Waals surface area contributed by atoms with Gasteiger partial charge in [0.2, 0.25) is 0 Å². The van der Waals surface area contributed by atoms with Crippen molar-refractivity contribution in [1.82, 2.24) is 0 Å². The van der Waals surface area contributed by atoms with Crippen molar-refractivity contribution in [3.63, 3.8) is 0 Å². The second-order valence-corrected chi connectivity index (χ2v) is 3.71. The first kappa shape index (κ1) is 14.9. The van der Waals surface area contributed by atoms with E-state index in [2.05, 4.69) is 0 Å². The van der Waals surface area contributed by atoms with Crippen molar-refractivity contribution < 1.29 is 23.5 Å². The largest absolute Gasteiger partial charge is 0.463 e. The highest BCUT2D eigenvalue weighted by atomic mass is 19.1. The molecule has 1 rings (SSSR count). The van der Waals surface area contributed by atoms with Crippen LogP contribution in [0.1, 0.15) is 19.8 Å². The molecule has 0 unspecified atom stereocenters. The lowest BCUT2D eigenvalue weighted by atomic mass is 10.3. The van der Waals surface area contributed by atoms with Crippen molar-refractivity contribution in [3.8, 4) is 5.75 Å². The molecule has 0 N–H and O–H groups in total. The van der Waals surface area contributed by atoms with Crippen LogP contribution in [-0.4, -0.2) is 18.5 Å². The molecule has 0 atom stereocenters. The van der Waals surface area contributed by atoms with Crippen LogP contribution in [0.3, 0.4) is 0 Å². The fraction of sp³-hybridized carbons (Fsp3) is 0.286. The molecule has 0 aliphatic carbocycles. The summed E-state index contributed by atoms with van der Waals surface area (Å²) in [4.78, 5) is 22.5. The normalized spacial score (nSPS) is 10.4. The van der Waals surface area contributed by atoms with Crippen LogP contribution < -0.4 is 4.74 Å². The van der Waals surface area contributed by atoms with Crippen LogP contribution in [0.15, 0.2) is 36.4 Å². The van der Waals surface area contributed by atoms with Gasteiger partial charge in [0, 0.05) is 12.2 Å². The lowest BCUT2D eigenvalue weighted by Gasteiger charge is -2.02. The van der Waals surface area contributed by atoms with E-state index in [1.165, 1.54) is 24.3 Å². The minimum atomic E-state index is -0.836. The number of unbranched alkanes of at least 4 members (excludes halogenated alkanes) is 1. The van der Waals surface area contributed by atoms with E-state index >= 15 is 0 Å². The number of hydrogen-bond acceptors (Lipinski definition) is 4. The number of para-hydroxylation sites is 1. The van der Waals surface area contributed by atoms with Crippen LogP contribution in [-0.2, 0) is 14.3 Å². The first-order valence-electron chi connectivity index (χ1n) is 5.94. The molecule has 0 saturated heterocycles. The van der Waals surface area contributed by atoms with Gasteiger partial charge in [-0.3, -0.25) is 0 Å². The molecule has 0 aliphatic heterocycles. The standard InChI is InChI=1S/C14H15FO4/c1-2-3-10-18-13(16)8-9-14(17)19-12-7-5-4-6-11(12)15/h4-9H,2-3,10H2,1H3/b9-8+. The third-order valence-electron chi connectivity index (χ3n) is 2.14. The van der Waals surface area contributed by atoms with Crippen LogP contribution in [0.4, 0.5) is 4.39 Å². The molecule has 102 valence electrons. The second-order valence-electron chi connectivity index (χ2n) is 3.71. The predicted molar refractivity (Wildman–Crippen MR) is 67.0 cm³/mol. The molecule has 1 aromatic rings. The molecular formula is C14H15FO4. The summed E-state index contributed by atoms with van der Waals surface area (Å²) >= 11 is 0. The Morgan fingerprint density at radius 2 is 1.89 bits per heavy atom. The van der Waals surface area contributed by atoms with E-state index in [1.54, 1.807) is 0 Å². The summed E-state index contributed by atoms with van der Waals surface area (Å²) in [5.74, 6) is -2.29. The second kappa shape index (κ2) is 8.02. The summed E-state index contributed by atoms with van der Waals surface area (Å²) in [7, 11) is 0. The molecule has 0 amide bonds. The van der Waals surface area contributed by atoms with Crippen molar-refractivity contribution in [2.75, 3.05) is 6.61 Å². The zero-order valence-corrected chi connectivity index (χ0v) is 10.6. The lowest BCUT2D eigenvalue weighted by Crippen LogP contribution is -2.08. The number of halogens is 1. The lowest BCUT2D eigenvalue weighted by molar-refractivity contribution is -0.138. The molecule has 0 spiro atoms. The van der Waals surface area contributed by atoms with Gasteiger partial charge in [0.15, 0.2) is 11.6 Å². The van der Waals surface area contributed by atoms with Crippen molar-refractivity contribution in [2.45, 2.75) is 19.8 Å². The Balaban J connectivity index is 2.43. The highest BCUT2D eigenvalue weighted by molar-refractivity contribution is 5.92. The number of benzene rings is 1. The van der Waals surface area contributed by atoms with Crippen LogP contribution in [0.2, 0.25) is 0 Å². The number of rotatable bonds is 6. The number of carbonyl (C=O) groups excluding carboxylic acids is 2. The van der Waals surface area contributed by atoms with Crippen LogP contribution in [0.25, 0.3) is 0 Å². The Morgan fingerprint density at radius 1 is 1.21 bits per heavy atom. The quantitative estimate of drug-likeness (QED) is 0.344. The maximum Gasteiger partial charge on any atom is 0.336 e. The summed E-state index contributed by atoms with van der Waals surface area (Å²) in [6.07, 6.45) is 3.53. The van der Waals surface area contributed by atoms with Gasteiger partial charge in [-0.15, -0.1) is 0 Å². The van der Waals surface area contributed by atoms with Gasteiger partial charge in [-0.05, 0) is 18.6 Å². The molecule has 5 heteroatoms. The fourth-order valence-corrected chi connectivity index (χ4v) is 1.17. The Kier molecular flexibility index (Phi) is 6.29. The molecule has 1 aromatic carbocycles. The molecular weight excluding hydrogens is 251 g/mol. The Labute approximate surface area is 110 Å². The van der Waals surface area contributed by atoms with E-state index in [9.17, 15) is 14.0 Å². The van der Waals surface area contributed by atoms with E-state index in [-0.39, 0.29) is 5.75 Å². The van der Waals surface area contributed by atoms with Gasteiger partial charge in [0.25, 0.3) is 0 Å². The number of carbonyl (C=O) groups is 2. The highest BCUT2D eigenvalue weighted by Gasteiger charge is 2.06. The zero-order valence-electron chi connectivity index (χ0n) is 10.6. The van der Waals surface area contributed by atoms with E-state index in [1.807, 2.05) is 6.92 Å². The molecule has 0 bridgehead atoms. The van der Waals surface area contributed by atoms with Crippen LogP contribution >= 0.6 is 0 Å². The van der Waals surface area contributed by atoms with E-state index in [0.717, 1.165) is 25.0 Å². The third kappa shape index (κ3) is 5.81. The van der Waals surface area contributed by atoms with E-state index in [4.69, 9.17) is 9.47 Å². The van der Waals surface area contributed by atoms with Crippen molar-refractivity contribution >= 4 is 11.9 Å². The third-order valence-corrected chi connectivity index (χ3v) is 2.14. The summed E-state index contributed by atoms with van der Waals surface area (Å²) in [6.45, 7) is 2.28. The van der Waals surface area contributed by atoms with Crippen molar-refractivity contribution in [1.29, 1.82) is 0 Å². The van der Waals surface area contributed by atoms with Crippen LogP contribution in [0.5, 0.6) is 5.75 Å². The van der Waals surface area contributed by atoms with Crippen LogP contribution in [0, 0.1) is 5.82 Å². The summed E-state index contributed by atoms with van der Waals surface area (Å²) in [5, 5.41) is 0. The Hall–Kier alpha value is -2.17. The minimum absolute atomic E-state index is 0.184. The topological polar surface area (TPSA) is 52.6 Å². The first-order chi connectivity index (χ1) is 9.13. The SMILES string of the molecule is CCCCOC(=O)/C=C/C(=O)Oc1ccccc1F. The monoisotopic (exact) mass is 266 g/mol. The zero-order chi connectivity index (χ0) is 14.1. The summed E-state index contributed by atoms with van der Waals surface area (Å²) in [5.41, 5.74) is 0. The van der Waals surface area contributed by atoms with Gasteiger partial charge < -0.3 is 9.47 Å². The van der Waals surface area contributed by atoms with Gasteiger partial charge in [-0.1, -0.05) is 25.5 Å². The molecule has 0 saturated carbocycles. The average Bonchev–Trinajstić information content (AvgIpc) is 2.39. The van der Waals surface area contributed by atoms with Gasteiger partial charge in [0.1, 0.15) is 0 Å². The van der Waals surface area contributed by atoms with E-state index < -0.39 is 17.8 Å². The predicted octanol–water partition coefficient (Wildman–Crippen LogP) is 2.63. The first-order valence-corrected chi connectivity index (χ1v) is 5.94. The smallest absolute Gasteiger partial charge is 0.336 e. The molecule has 4 nitrogen and oxygen atoms in total. The molecule has 19 heavy (non-hydrogen) atoms. The van der Waals surface area contributed by atoms with Crippen molar-refractivity contribution in [3.05, 3.63) is 42.2 Å². The number of ether oxygens (including phenoxy) is 2. The van der Waals surface area contributed by atoms with Crippen molar-refractivity contribution in [2.24, 2.45) is 0 Å². The van der Waals surface area contributed by atoms with Gasteiger partial charge in [-0.25, -0.2) is 14.0 Å². The number of esters is 2. The Morgan fingerprint density at radius 3 is 2.58 bits per heavy atom. The maximum absolute atomic E-state index is 13.2. The maximum atomic E-state index is 13.2. The average molecular weight is 266 g/mol. The highest BCUT2D eigenvalue weighted by Crippen LogP contribution is 2.15. The van der Waals surface area contributed by atoms with Gasteiger partial charge in [0.05, 0.1) is 6.61 Å². The summed E-state index contributed by atoms with van der Waals surface area (Å²) < 4.78 is 22.7. The minimum Gasteiger partial charge on any atom is -0.463 e. The molecule has 0 aromatic heterocycles. The van der Waals surface area contributed by atoms with Gasteiger partial charge >= 0.3 is 11.9 Å². The molecule has 0 fully saturated rings. The molecule has 0 heterocycles. The molecule has 0 radical (unpaired) electrons. The molecule has 0 aliphatic rings. The number of hydrogen-bond donors (Lipinski definition) is 0. The Bertz CT molecular complexity index is 468. The fourth-order valence-electron chi connectivity index (χ4n) is 1.17. The van der Waals surface area contributed by atoms with Gasteiger partial charge in [-0.2, -0.15) is 0 Å².